The fraction of sp³-hybridized carbons (Fsp3) is 0.846. The number of likely N-dealkylation sites (tertiary alicyclic amines) is 1. The zero-order chi connectivity index (χ0) is 13.3. The third kappa shape index (κ3) is 2.18. The molecule has 0 bridgehead atoms. The first kappa shape index (κ1) is 13.2. The molecule has 0 aromatic carbocycles. The Morgan fingerprint density at radius 3 is 2.56 bits per heavy atom. The van der Waals surface area contributed by atoms with Crippen molar-refractivity contribution in [1.82, 2.24) is 9.80 Å². The van der Waals surface area contributed by atoms with Gasteiger partial charge in [-0.3, -0.25) is 0 Å². The van der Waals surface area contributed by atoms with Gasteiger partial charge in [0.15, 0.2) is 0 Å². The average Bonchev–Trinajstić information content (AvgIpc) is 3.14. The molecule has 5 heteroatoms. The van der Waals surface area contributed by atoms with E-state index in [1.165, 1.54) is 0 Å². The number of carboxylic acid groups (broad SMARTS) is 1. The molecule has 2 aliphatic rings. The number of hydrogen-bond donors (Lipinski definition) is 1. The van der Waals surface area contributed by atoms with Crippen LogP contribution in [0.1, 0.15) is 46.0 Å². The molecule has 1 aliphatic carbocycles. The number of hydrogen-bond acceptors (Lipinski definition) is 2. The Bertz CT molecular complexity index is 354. The quantitative estimate of drug-likeness (QED) is 0.837. The van der Waals surface area contributed by atoms with Gasteiger partial charge in [0.05, 0.1) is 0 Å². The monoisotopic (exact) mass is 254 g/mol. The molecule has 1 unspecified atom stereocenters. The number of amides is 2. The van der Waals surface area contributed by atoms with Crippen LogP contribution >= 0.6 is 0 Å². The van der Waals surface area contributed by atoms with Crippen molar-refractivity contribution in [2.45, 2.75) is 57.5 Å². The van der Waals surface area contributed by atoms with Gasteiger partial charge >= 0.3 is 12.0 Å². The van der Waals surface area contributed by atoms with E-state index in [4.69, 9.17) is 0 Å². The van der Waals surface area contributed by atoms with Crippen molar-refractivity contribution in [1.29, 1.82) is 0 Å². The van der Waals surface area contributed by atoms with Crippen molar-refractivity contribution in [3.8, 4) is 0 Å². The summed E-state index contributed by atoms with van der Waals surface area (Å²) in [5.74, 6) is -0.887. The number of rotatable bonds is 3. The van der Waals surface area contributed by atoms with Crippen LogP contribution in [0.2, 0.25) is 0 Å². The third-order valence-electron chi connectivity index (χ3n) is 4.16. The molecule has 18 heavy (non-hydrogen) atoms. The molecule has 1 saturated carbocycles. The zero-order valence-electron chi connectivity index (χ0n) is 11.2. The van der Waals surface area contributed by atoms with Crippen LogP contribution in [0.3, 0.4) is 0 Å². The molecule has 2 fully saturated rings. The van der Waals surface area contributed by atoms with Crippen LogP contribution in [0.25, 0.3) is 0 Å². The molecule has 1 N–H and O–H groups in total. The topological polar surface area (TPSA) is 60.9 Å². The molecule has 1 saturated heterocycles. The summed E-state index contributed by atoms with van der Waals surface area (Å²) >= 11 is 0. The van der Waals surface area contributed by atoms with Gasteiger partial charge in [-0.1, -0.05) is 0 Å². The van der Waals surface area contributed by atoms with E-state index in [1.807, 2.05) is 11.8 Å². The zero-order valence-corrected chi connectivity index (χ0v) is 11.2. The molecular weight excluding hydrogens is 232 g/mol. The fourth-order valence-electron chi connectivity index (χ4n) is 2.74. The molecule has 0 spiro atoms. The summed E-state index contributed by atoms with van der Waals surface area (Å²) in [5.41, 5.74) is -1.03. The van der Waals surface area contributed by atoms with E-state index >= 15 is 0 Å². The minimum atomic E-state index is -1.03. The van der Waals surface area contributed by atoms with Gasteiger partial charge in [-0.2, -0.15) is 0 Å². The highest BCUT2D eigenvalue weighted by molar-refractivity contribution is 5.86. The highest BCUT2D eigenvalue weighted by Crippen LogP contribution is 2.33. The lowest BCUT2D eigenvalue weighted by Gasteiger charge is -2.43. The van der Waals surface area contributed by atoms with E-state index in [9.17, 15) is 14.7 Å². The SMILES string of the molecule is CCN(C(=O)N1CCCCC1(C)C(=O)O)C1CC1. The number of aliphatic carboxylic acids is 1. The maximum absolute atomic E-state index is 12.5. The molecule has 1 heterocycles. The summed E-state index contributed by atoms with van der Waals surface area (Å²) in [6.07, 6.45) is 4.43. The number of carboxylic acids is 1. The Labute approximate surface area is 108 Å². The molecule has 1 aliphatic heterocycles. The second kappa shape index (κ2) is 4.78. The first-order valence-electron chi connectivity index (χ1n) is 6.82. The van der Waals surface area contributed by atoms with Crippen LogP contribution in [-0.2, 0) is 4.79 Å². The summed E-state index contributed by atoms with van der Waals surface area (Å²) in [5, 5.41) is 9.41. The van der Waals surface area contributed by atoms with Crippen molar-refractivity contribution in [3.05, 3.63) is 0 Å². The predicted molar refractivity (Wildman–Crippen MR) is 67.4 cm³/mol. The molecule has 2 rings (SSSR count). The van der Waals surface area contributed by atoms with Gasteiger partial charge < -0.3 is 14.9 Å². The summed E-state index contributed by atoms with van der Waals surface area (Å²) < 4.78 is 0. The number of piperidine rings is 1. The number of carbonyl (C=O) groups excluding carboxylic acids is 1. The Balaban J connectivity index is 2.17. The second-order valence-electron chi connectivity index (χ2n) is 5.49. The lowest BCUT2D eigenvalue weighted by Crippen LogP contribution is -2.60. The highest BCUT2D eigenvalue weighted by atomic mass is 16.4. The molecule has 0 radical (unpaired) electrons. The van der Waals surface area contributed by atoms with Gasteiger partial charge in [-0.15, -0.1) is 0 Å². The van der Waals surface area contributed by atoms with Crippen molar-refractivity contribution in [2.75, 3.05) is 13.1 Å². The summed E-state index contributed by atoms with van der Waals surface area (Å²) in [6.45, 7) is 4.85. The Kier molecular flexibility index (Phi) is 3.50. The summed E-state index contributed by atoms with van der Waals surface area (Å²) in [6, 6.07) is 0.243. The van der Waals surface area contributed by atoms with Crippen LogP contribution in [0.5, 0.6) is 0 Å². The standard InChI is InChI=1S/C13H22N2O3/c1-3-14(10-6-7-10)12(18)15-9-5-4-8-13(15,2)11(16)17/h10H,3-9H2,1-2H3,(H,16,17). The molecule has 1 atom stereocenters. The third-order valence-corrected chi connectivity index (χ3v) is 4.16. The van der Waals surface area contributed by atoms with Gasteiger partial charge in [0.1, 0.15) is 5.54 Å². The van der Waals surface area contributed by atoms with Gasteiger partial charge in [0.25, 0.3) is 0 Å². The Hall–Kier alpha value is -1.26. The first-order valence-corrected chi connectivity index (χ1v) is 6.82. The van der Waals surface area contributed by atoms with E-state index in [0.29, 0.717) is 25.6 Å². The molecule has 5 nitrogen and oxygen atoms in total. The Morgan fingerprint density at radius 2 is 2.06 bits per heavy atom. The van der Waals surface area contributed by atoms with Gasteiger partial charge in [-0.25, -0.2) is 9.59 Å². The number of nitrogens with zero attached hydrogens (tertiary/aromatic N) is 2. The normalized spacial score (nSPS) is 28.0. The van der Waals surface area contributed by atoms with Crippen LogP contribution in [0.4, 0.5) is 4.79 Å². The fourth-order valence-corrected chi connectivity index (χ4v) is 2.74. The average molecular weight is 254 g/mol. The summed E-state index contributed by atoms with van der Waals surface area (Å²) in [7, 11) is 0. The second-order valence-corrected chi connectivity index (χ2v) is 5.49. The molecular formula is C13H22N2O3. The van der Waals surface area contributed by atoms with E-state index in [2.05, 4.69) is 0 Å². The predicted octanol–water partition coefficient (Wildman–Crippen LogP) is 1.92. The van der Waals surface area contributed by atoms with Crippen LogP contribution in [0.15, 0.2) is 0 Å². The van der Waals surface area contributed by atoms with Crippen LogP contribution in [0, 0.1) is 0 Å². The van der Waals surface area contributed by atoms with Gasteiger partial charge in [0, 0.05) is 19.1 Å². The van der Waals surface area contributed by atoms with E-state index in [0.717, 1.165) is 25.7 Å². The molecule has 0 aromatic heterocycles. The van der Waals surface area contributed by atoms with Gasteiger partial charge in [0.2, 0.25) is 0 Å². The maximum atomic E-state index is 12.5. The van der Waals surface area contributed by atoms with Crippen LogP contribution < -0.4 is 0 Å². The highest BCUT2D eigenvalue weighted by Gasteiger charge is 2.46. The number of carbonyl (C=O) groups is 2. The smallest absolute Gasteiger partial charge is 0.329 e. The minimum absolute atomic E-state index is 0.0930. The van der Waals surface area contributed by atoms with E-state index < -0.39 is 11.5 Å². The Morgan fingerprint density at radius 1 is 1.39 bits per heavy atom. The summed E-state index contributed by atoms with van der Waals surface area (Å²) in [4.78, 5) is 27.4. The van der Waals surface area contributed by atoms with Crippen molar-refractivity contribution < 1.29 is 14.7 Å². The van der Waals surface area contributed by atoms with E-state index in [-0.39, 0.29) is 6.03 Å². The lowest BCUT2D eigenvalue weighted by molar-refractivity contribution is -0.150. The lowest BCUT2D eigenvalue weighted by atomic mass is 9.89. The van der Waals surface area contributed by atoms with Crippen molar-refractivity contribution >= 4 is 12.0 Å². The van der Waals surface area contributed by atoms with Crippen LogP contribution in [-0.4, -0.2) is 51.6 Å². The van der Waals surface area contributed by atoms with Gasteiger partial charge in [-0.05, 0) is 46.0 Å². The maximum Gasteiger partial charge on any atom is 0.329 e. The molecule has 0 aromatic rings. The molecule has 102 valence electrons. The van der Waals surface area contributed by atoms with E-state index in [1.54, 1.807) is 11.8 Å². The molecule has 2 amide bonds. The number of urea groups is 1. The largest absolute Gasteiger partial charge is 0.480 e. The minimum Gasteiger partial charge on any atom is -0.480 e. The van der Waals surface area contributed by atoms with Crippen molar-refractivity contribution in [2.24, 2.45) is 0 Å². The first-order chi connectivity index (χ1) is 8.50. The van der Waals surface area contributed by atoms with Crippen molar-refractivity contribution in [3.63, 3.8) is 0 Å².